The Morgan fingerprint density at radius 1 is 1.23 bits per heavy atom. The van der Waals surface area contributed by atoms with Gasteiger partial charge in [-0.15, -0.1) is 0 Å². The van der Waals surface area contributed by atoms with Gasteiger partial charge in [-0.2, -0.15) is 0 Å². The number of sulfone groups is 1. The van der Waals surface area contributed by atoms with Gasteiger partial charge in [0.2, 0.25) is 0 Å². The first-order valence-corrected chi connectivity index (χ1v) is 8.13. The number of pyridine rings is 1. The number of hydrogen-bond donors (Lipinski definition) is 1. The third-order valence-corrected chi connectivity index (χ3v) is 4.25. The predicted molar refractivity (Wildman–Crippen MR) is 78.9 cm³/mol. The second kappa shape index (κ2) is 4.92. The zero-order valence-electron chi connectivity index (χ0n) is 11.5. The van der Waals surface area contributed by atoms with Crippen LogP contribution in [0.3, 0.4) is 0 Å². The quantitative estimate of drug-likeness (QED) is 0.786. The minimum atomic E-state index is -3.34. The van der Waals surface area contributed by atoms with Crippen LogP contribution in [0.5, 0.6) is 0 Å². The van der Waals surface area contributed by atoms with Crippen molar-refractivity contribution in [2.24, 2.45) is 0 Å². The number of carboxylic acid groups (broad SMARTS) is 1. The van der Waals surface area contributed by atoms with Crippen molar-refractivity contribution in [1.82, 2.24) is 14.5 Å². The summed E-state index contributed by atoms with van der Waals surface area (Å²) in [6.45, 7) is 0. The van der Waals surface area contributed by atoms with Gasteiger partial charge in [0.1, 0.15) is 11.8 Å². The first-order chi connectivity index (χ1) is 10.4. The number of fused-ring (bicyclic) bond motifs is 1. The molecule has 3 aromatic rings. The lowest BCUT2D eigenvalue weighted by atomic mass is 10.3. The predicted octanol–water partition coefficient (Wildman–Crippen LogP) is 1.52. The first-order valence-electron chi connectivity index (χ1n) is 6.24. The fraction of sp³-hybridized carbons (Fsp3) is 0.0714. The summed E-state index contributed by atoms with van der Waals surface area (Å²) >= 11 is 0. The molecule has 0 spiro atoms. The highest BCUT2D eigenvalue weighted by Gasteiger charge is 2.13. The number of aromatic carboxylic acids is 1. The first kappa shape index (κ1) is 14.2. The standard InChI is InChI=1S/C14H11N3O4S/c1-22(20,21)10-4-2-3-9(7-10)17-8-15-11-5-6-12(14(18)19)16-13(11)17/h2-8H,1H3,(H,18,19). The van der Waals surface area contributed by atoms with Gasteiger partial charge < -0.3 is 5.11 Å². The summed E-state index contributed by atoms with van der Waals surface area (Å²) in [6.07, 6.45) is 2.60. The minimum absolute atomic E-state index is 0.103. The van der Waals surface area contributed by atoms with E-state index in [1.54, 1.807) is 22.8 Å². The number of aromatic nitrogens is 3. The molecule has 22 heavy (non-hydrogen) atoms. The fourth-order valence-corrected chi connectivity index (χ4v) is 2.73. The van der Waals surface area contributed by atoms with E-state index in [0.717, 1.165) is 6.26 Å². The van der Waals surface area contributed by atoms with Gasteiger partial charge in [-0.25, -0.2) is 23.2 Å². The topological polar surface area (TPSA) is 102 Å². The summed E-state index contributed by atoms with van der Waals surface area (Å²) in [7, 11) is -3.34. The van der Waals surface area contributed by atoms with Crippen molar-refractivity contribution >= 4 is 27.0 Å². The summed E-state index contributed by atoms with van der Waals surface area (Å²) in [4.78, 5) is 19.4. The van der Waals surface area contributed by atoms with Crippen molar-refractivity contribution in [2.45, 2.75) is 4.90 Å². The Balaban J connectivity index is 2.22. The van der Waals surface area contributed by atoms with Gasteiger partial charge in [0, 0.05) is 11.9 Å². The molecule has 3 rings (SSSR count). The van der Waals surface area contributed by atoms with E-state index in [1.807, 2.05) is 0 Å². The highest BCUT2D eigenvalue weighted by Crippen LogP contribution is 2.19. The molecular weight excluding hydrogens is 306 g/mol. The average molecular weight is 317 g/mol. The van der Waals surface area contributed by atoms with E-state index in [9.17, 15) is 13.2 Å². The Labute approximate surface area is 125 Å². The smallest absolute Gasteiger partial charge is 0.354 e. The van der Waals surface area contributed by atoms with Crippen LogP contribution < -0.4 is 0 Å². The van der Waals surface area contributed by atoms with Gasteiger partial charge in [-0.05, 0) is 30.3 Å². The molecule has 0 aliphatic rings. The molecule has 0 saturated heterocycles. The van der Waals surface area contributed by atoms with E-state index in [0.29, 0.717) is 16.9 Å². The van der Waals surface area contributed by atoms with Crippen LogP contribution >= 0.6 is 0 Å². The number of carbonyl (C=O) groups is 1. The van der Waals surface area contributed by atoms with Crippen LogP contribution in [0, 0.1) is 0 Å². The minimum Gasteiger partial charge on any atom is -0.477 e. The van der Waals surface area contributed by atoms with Crippen LogP contribution in [0.2, 0.25) is 0 Å². The highest BCUT2D eigenvalue weighted by atomic mass is 32.2. The molecule has 112 valence electrons. The van der Waals surface area contributed by atoms with E-state index in [-0.39, 0.29) is 10.6 Å². The van der Waals surface area contributed by atoms with Crippen LogP contribution in [0.1, 0.15) is 10.5 Å². The van der Waals surface area contributed by atoms with Gasteiger partial charge in [0.25, 0.3) is 0 Å². The molecule has 0 unspecified atom stereocenters. The fourth-order valence-electron chi connectivity index (χ4n) is 2.07. The van der Waals surface area contributed by atoms with Crippen LogP contribution in [0.15, 0.2) is 47.6 Å². The highest BCUT2D eigenvalue weighted by molar-refractivity contribution is 7.90. The SMILES string of the molecule is CS(=O)(=O)c1cccc(-n2cnc3ccc(C(=O)O)nc32)c1. The van der Waals surface area contributed by atoms with Crippen LogP contribution in [-0.2, 0) is 9.84 Å². The molecule has 0 aliphatic carbocycles. The van der Waals surface area contributed by atoms with E-state index in [1.165, 1.54) is 24.5 Å². The molecule has 0 saturated carbocycles. The van der Waals surface area contributed by atoms with Crippen LogP contribution in [0.4, 0.5) is 0 Å². The number of rotatable bonds is 3. The third-order valence-electron chi connectivity index (χ3n) is 3.14. The monoisotopic (exact) mass is 317 g/mol. The molecule has 2 aromatic heterocycles. The van der Waals surface area contributed by atoms with Crippen molar-refractivity contribution < 1.29 is 18.3 Å². The largest absolute Gasteiger partial charge is 0.477 e. The van der Waals surface area contributed by atoms with Crippen molar-refractivity contribution in [2.75, 3.05) is 6.26 Å². The number of hydrogen-bond acceptors (Lipinski definition) is 5. The lowest BCUT2D eigenvalue weighted by molar-refractivity contribution is 0.0691. The Morgan fingerprint density at radius 3 is 2.68 bits per heavy atom. The lowest BCUT2D eigenvalue weighted by Gasteiger charge is -2.06. The Hall–Kier alpha value is -2.74. The Morgan fingerprint density at radius 2 is 2.00 bits per heavy atom. The maximum atomic E-state index is 11.6. The lowest BCUT2D eigenvalue weighted by Crippen LogP contribution is -2.03. The molecule has 0 radical (unpaired) electrons. The van der Waals surface area contributed by atoms with Gasteiger partial charge in [-0.1, -0.05) is 6.07 Å². The summed E-state index contributed by atoms with van der Waals surface area (Å²) in [5.41, 5.74) is 1.31. The summed E-state index contributed by atoms with van der Waals surface area (Å²) < 4.78 is 24.8. The molecule has 0 atom stereocenters. The Kier molecular flexibility index (Phi) is 3.18. The normalized spacial score (nSPS) is 11.7. The maximum absolute atomic E-state index is 11.6. The van der Waals surface area contributed by atoms with Gasteiger partial charge in [-0.3, -0.25) is 4.57 Å². The summed E-state index contributed by atoms with van der Waals surface area (Å²) in [6, 6.07) is 9.22. The number of imidazole rings is 1. The molecule has 8 heteroatoms. The summed E-state index contributed by atoms with van der Waals surface area (Å²) in [5.74, 6) is -1.14. The zero-order valence-corrected chi connectivity index (χ0v) is 12.3. The molecule has 7 nitrogen and oxygen atoms in total. The molecule has 1 aromatic carbocycles. The van der Waals surface area contributed by atoms with E-state index in [4.69, 9.17) is 5.11 Å². The molecule has 0 amide bonds. The van der Waals surface area contributed by atoms with Crippen LogP contribution in [-0.4, -0.2) is 40.3 Å². The zero-order chi connectivity index (χ0) is 15.9. The second-order valence-corrected chi connectivity index (χ2v) is 6.74. The van der Waals surface area contributed by atoms with Crippen molar-refractivity contribution in [3.63, 3.8) is 0 Å². The molecule has 0 bridgehead atoms. The summed E-state index contributed by atoms with van der Waals surface area (Å²) in [5, 5.41) is 9.02. The molecule has 1 N–H and O–H groups in total. The van der Waals surface area contributed by atoms with E-state index < -0.39 is 15.8 Å². The third kappa shape index (κ3) is 2.44. The molecular formula is C14H11N3O4S. The number of carboxylic acids is 1. The second-order valence-electron chi connectivity index (χ2n) is 4.73. The van der Waals surface area contributed by atoms with Crippen molar-refractivity contribution in [3.05, 3.63) is 48.4 Å². The molecule has 0 fully saturated rings. The average Bonchev–Trinajstić information content (AvgIpc) is 2.89. The number of nitrogens with zero attached hydrogens (tertiary/aromatic N) is 3. The molecule has 2 heterocycles. The maximum Gasteiger partial charge on any atom is 0.354 e. The van der Waals surface area contributed by atoms with E-state index in [2.05, 4.69) is 9.97 Å². The van der Waals surface area contributed by atoms with Gasteiger partial charge in [0.15, 0.2) is 21.2 Å². The number of benzene rings is 1. The van der Waals surface area contributed by atoms with Crippen molar-refractivity contribution in [3.8, 4) is 5.69 Å². The van der Waals surface area contributed by atoms with E-state index >= 15 is 0 Å². The van der Waals surface area contributed by atoms with Gasteiger partial charge >= 0.3 is 5.97 Å². The molecule has 0 aliphatic heterocycles. The van der Waals surface area contributed by atoms with Gasteiger partial charge in [0.05, 0.1) is 4.90 Å². The Bertz CT molecular complexity index is 992. The van der Waals surface area contributed by atoms with Crippen molar-refractivity contribution in [1.29, 1.82) is 0 Å². The van der Waals surface area contributed by atoms with Crippen LogP contribution in [0.25, 0.3) is 16.9 Å².